The number of terminal acetylenes is 1. The second-order valence-corrected chi connectivity index (χ2v) is 20.8. The molecule has 4 N–H and O–H groups in total. The molecule has 1 aliphatic carbocycles. The monoisotopic (exact) mass is 964 g/mol. The van der Waals surface area contributed by atoms with Crippen LogP contribution in [0.2, 0.25) is 0 Å². The number of pyridine rings is 1. The van der Waals surface area contributed by atoms with Crippen molar-refractivity contribution in [1.82, 2.24) is 35.0 Å². The van der Waals surface area contributed by atoms with Crippen molar-refractivity contribution >= 4 is 33.4 Å². The molecule has 0 spiro atoms. The van der Waals surface area contributed by atoms with Gasteiger partial charge in [-0.25, -0.2) is 8.78 Å². The number of rotatable bonds is 15. The Balaban J connectivity index is 0.704. The zero-order valence-corrected chi connectivity index (χ0v) is 40.2. The van der Waals surface area contributed by atoms with E-state index in [0.29, 0.717) is 79.5 Å². The van der Waals surface area contributed by atoms with Gasteiger partial charge in [0.2, 0.25) is 0 Å². The normalized spacial score (nSPS) is 19.4. The van der Waals surface area contributed by atoms with Crippen molar-refractivity contribution in [3.05, 3.63) is 100 Å². The summed E-state index contributed by atoms with van der Waals surface area (Å²) in [6.45, 7) is 11.5. The van der Waals surface area contributed by atoms with Crippen LogP contribution in [-0.4, -0.2) is 129 Å². The number of halogens is 2. The third-order valence-electron chi connectivity index (χ3n) is 15.2. The van der Waals surface area contributed by atoms with E-state index in [9.17, 15) is 20.1 Å². The number of aromatic nitrogens is 3. The SMILES string of the molecule is C#Cc1c(F)ccc2cc(O)cc(-c3ncc4c(N5CC6CCC(C5)N6)nc(OCC5(CN6CC(CN(C)CCOc7ccc8c(c7)CN(C(=O)c7cc(C(C)C)c(O)cc7O)C8)C6)CC5)nc4c3F)c12. The van der Waals surface area contributed by atoms with Gasteiger partial charge in [-0.2, -0.15) is 9.97 Å². The van der Waals surface area contributed by atoms with Crippen molar-refractivity contribution in [3.8, 4) is 52.6 Å². The van der Waals surface area contributed by atoms with Crippen LogP contribution < -0.4 is 19.7 Å². The number of aromatic hydroxyl groups is 3. The molecular formula is C55H58F2N8O6. The van der Waals surface area contributed by atoms with E-state index in [1.54, 1.807) is 17.2 Å². The first kappa shape index (κ1) is 46.6. The number of ether oxygens (including phenoxy) is 2. The van der Waals surface area contributed by atoms with E-state index in [4.69, 9.17) is 20.9 Å². The van der Waals surface area contributed by atoms with Gasteiger partial charge in [-0.1, -0.05) is 31.9 Å². The van der Waals surface area contributed by atoms with Crippen molar-refractivity contribution in [1.29, 1.82) is 0 Å². The second-order valence-electron chi connectivity index (χ2n) is 20.8. The molecule has 2 atom stereocenters. The Kier molecular flexibility index (Phi) is 12.1. The van der Waals surface area contributed by atoms with E-state index in [1.165, 1.54) is 30.3 Å². The fourth-order valence-electron chi connectivity index (χ4n) is 11.2. The van der Waals surface area contributed by atoms with Crippen LogP contribution in [-0.2, 0) is 13.1 Å². The molecule has 4 aromatic carbocycles. The van der Waals surface area contributed by atoms with Crippen LogP contribution in [0, 0.1) is 35.3 Å². The summed E-state index contributed by atoms with van der Waals surface area (Å²) in [5, 5.41) is 36.3. The Morgan fingerprint density at radius 1 is 0.958 bits per heavy atom. The first-order valence-corrected chi connectivity index (χ1v) is 24.6. The fourth-order valence-corrected chi connectivity index (χ4v) is 11.2. The molecule has 16 heteroatoms. The third kappa shape index (κ3) is 9.11. The highest BCUT2D eigenvalue weighted by Crippen LogP contribution is 2.48. The smallest absolute Gasteiger partial charge is 0.319 e. The number of amides is 1. The molecule has 2 bridgehead atoms. The minimum absolute atomic E-state index is 0.00538. The molecule has 0 radical (unpaired) electrons. The standard InChI is InChI=1S/C55H58F2N8O6/c1-5-40-45(56)11-7-33-16-38(66)18-43(48(33)40)50-49(57)51-44(21-58-50)52(64-27-36-8-9-37(28-64)59-36)61-54(60-51)71-30-55(12-13-55)29-63-23-32(24-63)22-62(4)14-15-70-39-10-6-34-25-65(26-35(34)17-39)53(69)42-19-41(31(2)3)46(67)20-47(42)68/h1,6-7,10-11,16-21,31-32,36-37,59,66-68H,8-9,12-15,22-30H2,2-4H3. The molecular weight excluding hydrogens is 907 g/mol. The summed E-state index contributed by atoms with van der Waals surface area (Å²) in [6.07, 6.45) is 11.4. The van der Waals surface area contributed by atoms with E-state index in [-0.39, 0.29) is 73.8 Å². The topological polar surface area (TPSA) is 160 Å². The van der Waals surface area contributed by atoms with Gasteiger partial charge in [-0.05, 0) is 103 Å². The first-order chi connectivity index (χ1) is 34.2. The van der Waals surface area contributed by atoms with Crippen LogP contribution in [0.4, 0.5) is 14.6 Å². The molecule has 368 valence electrons. The molecule has 1 saturated carbocycles. The molecule has 71 heavy (non-hydrogen) atoms. The number of anilines is 1. The van der Waals surface area contributed by atoms with Gasteiger partial charge in [0.05, 0.1) is 23.1 Å². The molecule has 1 amide bonds. The number of phenolic OH excluding ortho intramolecular Hbond substituents is 3. The maximum absolute atomic E-state index is 17.1. The number of phenols is 3. The lowest BCUT2D eigenvalue weighted by Crippen LogP contribution is -2.53. The number of fused-ring (bicyclic) bond motifs is 5. The maximum atomic E-state index is 17.1. The van der Waals surface area contributed by atoms with Crippen molar-refractivity contribution < 1.29 is 38.4 Å². The van der Waals surface area contributed by atoms with Crippen molar-refractivity contribution in [2.45, 2.75) is 70.6 Å². The van der Waals surface area contributed by atoms with Crippen molar-refractivity contribution in [2.24, 2.45) is 11.3 Å². The number of likely N-dealkylation sites (N-methyl/N-ethyl adjacent to an activating group) is 1. The van der Waals surface area contributed by atoms with Gasteiger partial charge >= 0.3 is 6.01 Å². The highest BCUT2D eigenvalue weighted by molar-refractivity contribution is 6.03. The van der Waals surface area contributed by atoms with Crippen LogP contribution in [0.1, 0.15) is 78.1 Å². The molecule has 6 aromatic rings. The van der Waals surface area contributed by atoms with Crippen LogP contribution in [0.3, 0.4) is 0 Å². The quantitative estimate of drug-likeness (QED) is 0.0749. The molecule has 6 heterocycles. The van der Waals surface area contributed by atoms with Gasteiger partial charge in [-0.3, -0.25) is 9.78 Å². The number of carbonyl (C=O) groups is 1. The van der Waals surface area contributed by atoms with E-state index < -0.39 is 11.6 Å². The predicted molar refractivity (Wildman–Crippen MR) is 266 cm³/mol. The molecule has 3 saturated heterocycles. The van der Waals surface area contributed by atoms with Gasteiger partial charge in [0, 0.05) is 99.6 Å². The van der Waals surface area contributed by atoms with Gasteiger partial charge in [0.1, 0.15) is 52.5 Å². The minimum atomic E-state index is -0.738. The number of hydrogen-bond donors (Lipinski definition) is 4. The summed E-state index contributed by atoms with van der Waals surface area (Å²) >= 11 is 0. The van der Waals surface area contributed by atoms with Crippen LogP contribution in [0.5, 0.6) is 29.0 Å². The summed E-state index contributed by atoms with van der Waals surface area (Å²) in [7, 11) is 2.11. The third-order valence-corrected chi connectivity index (χ3v) is 15.2. The van der Waals surface area contributed by atoms with Gasteiger partial charge in [0.25, 0.3) is 5.91 Å². The van der Waals surface area contributed by atoms with E-state index in [1.807, 2.05) is 32.0 Å². The highest BCUT2D eigenvalue weighted by Gasteiger charge is 2.47. The maximum Gasteiger partial charge on any atom is 0.319 e. The summed E-state index contributed by atoms with van der Waals surface area (Å²) in [6, 6.07) is 15.0. The zero-order chi connectivity index (χ0) is 49.3. The Morgan fingerprint density at radius 2 is 1.73 bits per heavy atom. The van der Waals surface area contributed by atoms with Crippen LogP contribution in [0.15, 0.2) is 60.8 Å². The van der Waals surface area contributed by atoms with E-state index in [0.717, 1.165) is 75.3 Å². The number of piperazine rings is 1. The summed E-state index contributed by atoms with van der Waals surface area (Å²) in [5.41, 5.74) is 2.83. The van der Waals surface area contributed by atoms with Gasteiger partial charge in [-0.15, -0.1) is 6.42 Å². The Morgan fingerprint density at radius 3 is 2.48 bits per heavy atom. The summed E-state index contributed by atoms with van der Waals surface area (Å²) < 4.78 is 44.8. The summed E-state index contributed by atoms with van der Waals surface area (Å²) in [4.78, 5) is 36.3. The largest absolute Gasteiger partial charge is 0.508 e. The molecule has 11 rings (SSSR count). The molecule has 2 aromatic heterocycles. The number of hydrogen-bond acceptors (Lipinski definition) is 13. The van der Waals surface area contributed by atoms with Crippen LogP contribution >= 0.6 is 0 Å². The molecule has 14 nitrogen and oxygen atoms in total. The van der Waals surface area contributed by atoms with Crippen LogP contribution in [0.25, 0.3) is 32.9 Å². The predicted octanol–water partition coefficient (Wildman–Crippen LogP) is 7.54. The van der Waals surface area contributed by atoms with Gasteiger partial charge in [0.15, 0.2) is 5.82 Å². The Labute approximate surface area is 411 Å². The first-order valence-electron chi connectivity index (χ1n) is 24.6. The molecule has 4 fully saturated rings. The van der Waals surface area contributed by atoms with E-state index in [2.05, 4.69) is 43.0 Å². The zero-order valence-electron chi connectivity index (χ0n) is 40.2. The Bertz CT molecular complexity index is 3120. The highest BCUT2D eigenvalue weighted by atomic mass is 19.1. The minimum Gasteiger partial charge on any atom is -0.508 e. The Hall–Kier alpha value is -6.80. The number of carbonyl (C=O) groups excluding carboxylic acids is 1. The lowest BCUT2D eigenvalue weighted by Gasteiger charge is -2.42. The lowest BCUT2D eigenvalue weighted by atomic mass is 9.96. The number of benzene rings is 4. The fraction of sp³-hybridized carbons (Fsp3) is 0.418. The number of likely N-dealkylation sites (tertiary alicyclic amines) is 1. The van der Waals surface area contributed by atoms with Crippen molar-refractivity contribution in [3.63, 3.8) is 0 Å². The summed E-state index contributed by atoms with van der Waals surface area (Å²) in [5.74, 6) is 2.20. The average Bonchev–Trinajstić information content (AvgIpc) is 3.83. The molecule has 5 aliphatic rings. The number of nitrogens with zero attached hydrogens (tertiary/aromatic N) is 7. The van der Waals surface area contributed by atoms with Gasteiger partial charge < -0.3 is 49.7 Å². The molecule has 4 aliphatic heterocycles. The van der Waals surface area contributed by atoms with Crippen molar-refractivity contribution in [2.75, 3.05) is 71.0 Å². The average molecular weight is 965 g/mol. The molecule has 2 unspecified atom stereocenters. The van der Waals surface area contributed by atoms with E-state index >= 15 is 8.78 Å². The second kappa shape index (κ2) is 18.4. The number of nitrogens with one attached hydrogen (secondary N) is 1. The lowest BCUT2D eigenvalue weighted by molar-refractivity contribution is 0.0418.